The lowest BCUT2D eigenvalue weighted by molar-refractivity contribution is -0.119. The first-order valence-electron chi connectivity index (χ1n) is 8.51. The number of anilines is 2. The first-order valence-corrected chi connectivity index (χ1v) is 8.89. The van der Waals surface area contributed by atoms with Crippen molar-refractivity contribution in [1.29, 1.82) is 0 Å². The SMILES string of the molecule is COc1ccc(Cl)cc1NC(=O)CN(C)CC(=O)Nc1cccc(C(C)=O)c1. The molecule has 2 aromatic carbocycles. The van der Waals surface area contributed by atoms with Crippen molar-refractivity contribution in [3.8, 4) is 5.75 Å². The fourth-order valence-electron chi connectivity index (χ4n) is 2.53. The van der Waals surface area contributed by atoms with Crippen LogP contribution in [0.15, 0.2) is 42.5 Å². The zero-order chi connectivity index (χ0) is 20.7. The molecule has 2 aromatic rings. The van der Waals surface area contributed by atoms with Gasteiger partial charge in [0.15, 0.2) is 5.78 Å². The maximum Gasteiger partial charge on any atom is 0.238 e. The molecule has 7 nitrogen and oxygen atoms in total. The molecule has 0 atom stereocenters. The van der Waals surface area contributed by atoms with Crippen LogP contribution in [0, 0.1) is 0 Å². The van der Waals surface area contributed by atoms with Crippen LogP contribution in [0.4, 0.5) is 11.4 Å². The van der Waals surface area contributed by atoms with E-state index in [0.717, 1.165) is 0 Å². The molecule has 0 aliphatic heterocycles. The Bertz CT molecular complexity index is 886. The number of amides is 2. The number of ether oxygens (including phenoxy) is 1. The number of likely N-dealkylation sites (N-methyl/N-ethyl adjacent to an activating group) is 1. The van der Waals surface area contributed by atoms with Crippen LogP contribution in [-0.4, -0.2) is 49.7 Å². The van der Waals surface area contributed by atoms with Crippen molar-refractivity contribution >= 4 is 40.6 Å². The lowest BCUT2D eigenvalue weighted by Gasteiger charge is -2.17. The number of methoxy groups -OCH3 is 1. The molecule has 0 aliphatic rings. The highest BCUT2D eigenvalue weighted by Crippen LogP contribution is 2.27. The molecule has 0 aliphatic carbocycles. The summed E-state index contributed by atoms with van der Waals surface area (Å²) >= 11 is 5.95. The van der Waals surface area contributed by atoms with E-state index in [1.165, 1.54) is 14.0 Å². The molecule has 0 bridgehead atoms. The highest BCUT2D eigenvalue weighted by Gasteiger charge is 2.13. The number of hydrogen-bond acceptors (Lipinski definition) is 5. The van der Waals surface area contributed by atoms with Crippen LogP contribution in [0.2, 0.25) is 5.02 Å². The Morgan fingerprint density at radius 3 is 2.36 bits per heavy atom. The van der Waals surface area contributed by atoms with Gasteiger partial charge in [0.1, 0.15) is 5.75 Å². The molecule has 28 heavy (non-hydrogen) atoms. The van der Waals surface area contributed by atoms with Crippen LogP contribution in [0.1, 0.15) is 17.3 Å². The van der Waals surface area contributed by atoms with E-state index in [2.05, 4.69) is 10.6 Å². The zero-order valence-electron chi connectivity index (χ0n) is 15.9. The number of ketones is 1. The molecule has 0 unspecified atom stereocenters. The summed E-state index contributed by atoms with van der Waals surface area (Å²) in [5.74, 6) is -0.199. The van der Waals surface area contributed by atoms with E-state index in [9.17, 15) is 14.4 Å². The van der Waals surface area contributed by atoms with Crippen molar-refractivity contribution in [3.63, 3.8) is 0 Å². The molecular formula is C20H22ClN3O4. The third-order valence-electron chi connectivity index (χ3n) is 3.82. The topological polar surface area (TPSA) is 87.7 Å². The minimum Gasteiger partial charge on any atom is -0.495 e. The van der Waals surface area contributed by atoms with E-state index < -0.39 is 0 Å². The Balaban J connectivity index is 1.89. The van der Waals surface area contributed by atoms with Crippen LogP contribution >= 0.6 is 11.6 Å². The summed E-state index contributed by atoms with van der Waals surface area (Å²) < 4.78 is 5.19. The summed E-state index contributed by atoms with van der Waals surface area (Å²) in [5.41, 5.74) is 1.50. The Labute approximate surface area is 168 Å². The van der Waals surface area contributed by atoms with E-state index in [0.29, 0.717) is 27.7 Å². The van der Waals surface area contributed by atoms with Gasteiger partial charge >= 0.3 is 0 Å². The first kappa shape index (κ1) is 21.4. The van der Waals surface area contributed by atoms with Gasteiger partial charge in [-0.1, -0.05) is 23.7 Å². The van der Waals surface area contributed by atoms with Crippen molar-refractivity contribution in [2.45, 2.75) is 6.92 Å². The molecule has 0 heterocycles. The van der Waals surface area contributed by atoms with Crippen LogP contribution in [-0.2, 0) is 9.59 Å². The number of benzene rings is 2. The predicted octanol–water partition coefficient (Wildman–Crippen LogP) is 3.06. The number of rotatable bonds is 8. The molecule has 2 amide bonds. The number of nitrogens with one attached hydrogen (secondary N) is 2. The minimum absolute atomic E-state index is 0.00340. The average Bonchev–Trinajstić information content (AvgIpc) is 2.61. The Morgan fingerprint density at radius 1 is 1.04 bits per heavy atom. The fourth-order valence-corrected chi connectivity index (χ4v) is 2.70. The second kappa shape index (κ2) is 9.87. The maximum atomic E-state index is 12.2. The monoisotopic (exact) mass is 403 g/mol. The molecule has 2 N–H and O–H groups in total. The average molecular weight is 404 g/mol. The maximum absolute atomic E-state index is 12.2. The lowest BCUT2D eigenvalue weighted by atomic mass is 10.1. The summed E-state index contributed by atoms with van der Waals surface area (Å²) in [6.45, 7) is 1.46. The lowest BCUT2D eigenvalue weighted by Crippen LogP contribution is -2.36. The second-order valence-corrected chi connectivity index (χ2v) is 6.69. The molecule has 0 saturated carbocycles. The van der Waals surface area contributed by atoms with Crippen LogP contribution in [0.25, 0.3) is 0 Å². The van der Waals surface area contributed by atoms with Gasteiger partial charge in [0, 0.05) is 16.3 Å². The third kappa shape index (κ3) is 6.37. The Kier molecular flexibility index (Phi) is 7.54. The number of Topliss-reactive ketones (excluding diaryl/α,β-unsaturated/α-hetero) is 1. The fraction of sp³-hybridized carbons (Fsp3) is 0.250. The van der Waals surface area contributed by atoms with Crippen LogP contribution < -0.4 is 15.4 Å². The zero-order valence-corrected chi connectivity index (χ0v) is 16.7. The van der Waals surface area contributed by atoms with Gasteiger partial charge in [0.2, 0.25) is 11.8 Å². The van der Waals surface area contributed by atoms with Gasteiger partial charge < -0.3 is 15.4 Å². The standard InChI is InChI=1S/C20H22ClN3O4/c1-13(25)14-5-4-6-16(9-14)22-19(26)11-24(2)12-20(27)23-17-10-15(21)7-8-18(17)28-3/h4-10H,11-12H2,1-3H3,(H,22,26)(H,23,27). The van der Waals surface area contributed by atoms with Crippen molar-refractivity contribution in [1.82, 2.24) is 4.90 Å². The van der Waals surface area contributed by atoms with E-state index in [1.807, 2.05) is 0 Å². The highest BCUT2D eigenvalue weighted by molar-refractivity contribution is 6.31. The molecule has 0 radical (unpaired) electrons. The van der Waals surface area contributed by atoms with E-state index >= 15 is 0 Å². The molecule has 0 fully saturated rings. The van der Waals surface area contributed by atoms with E-state index in [4.69, 9.17) is 16.3 Å². The van der Waals surface area contributed by atoms with Crippen molar-refractivity contribution in [2.75, 3.05) is 37.9 Å². The Morgan fingerprint density at radius 2 is 1.71 bits per heavy atom. The number of hydrogen-bond donors (Lipinski definition) is 2. The summed E-state index contributed by atoms with van der Waals surface area (Å²) in [4.78, 5) is 37.4. The van der Waals surface area contributed by atoms with Crippen molar-refractivity contribution in [3.05, 3.63) is 53.1 Å². The summed E-state index contributed by atoms with van der Waals surface area (Å²) in [5, 5.41) is 5.90. The summed E-state index contributed by atoms with van der Waals surface area (Å²) in [7, 11) is 3.15. The molecule has 148 valence electrons. The normalized spacial score (nSPS) is 10.5. The number of carbonyl (C=O) groups is 3. The number of halogens is 1. The highest BCUT2D eigenvalue weighted by atomic mass is 35.5. The van der Waals surface area contributed by atoms with Crippen LogP contribution in [0.3, 0.4) is 0 Å². The quantitative estimate of drug-likeness (QED) is 0.661. The third-order valence-corrected chi connectivity index (χ3v) is 4.05. The largest absolute Gasteiger partial charge is 0.495 e. The smallest absolute Gasteiger partial charge is 0.238 e. The van der Waals surface area contributed by atoms with Gasteiger partial charge in [-0.05, 0) is 44.3 Å². The van der Waals surface area contributed by atoms with Crippen LogP contribution in [0.5, 0.6) is 5.75 Å². The van der Waals surface area contributed by atoms with Gasteiger partial charge in [0.25, 0.3) is 0 Å². The van der Waals surface area contributed by atoms with Crippen molar-refractivity contribution < 1.29 is 19.1 Å². The molecule has 0 spiro atoms. The van der Waals surface area contributed by atoms with Gasteiger partial charge in [-0.2, -0.15) is 0 Å². The first-order chi connectivity index (χ1) is 13.3. The molecular weight excluding hydrogens is 382 g/mol. The minimum atomic E-state index is -0.311. The number of nitrogens with zero attached hydrogens (tertiary/aromatic N) is 1. The Hall–Kier alpha value is -2.90. The molecule has 0 saturated heterocycles. The van der Waals surface area contributed by atoms with Gasteiger partial charge in [-0.25, -0.2) is 0 Å². The van der Waals surface area contributed by atoms with E-state index in [-0.39, 0.29) is 30.7 Å². The number of carbonyl (C=O) groups excluding carboxylic acids is 3. The second-order valence-electron chi connectivity index (χ2n) is 6.25. The summed E-state index contributed by atoms with van der Waals surface area (Å²) in [6.07, 6.45) is 0. The molecule has 0 aromatic heterocycles. The van der Waals surface area contributed by atoms with Crippen molar-refractivity contribution in [2.24, 2.45) is 0 Å². The molecule has 8 heteroatoms. The summed E-state index contributed by atoms with van der Waals surface area (Å²) in [6, 6.07) is 11.6. The van der Waals surface area contributed by atoms with Gasteiger partial charge in [-0.15, -0.1) is 0 Å². The predicted molar refractivity (Wildman–Crippen MR) is 109 cm³/mol. The molecule has 2 rings (SSSR count). The van der Waals surface area contributed by atoms with Gasteiger partial charge in [-0.3, -0.25) is 19.3 Å². The van der Waals surface area contributed by atoms with E-state index in [1.54, 1.807) is 54.4 Å². The van der Waals surface area contributed by atoms with Gasteiger partial charge in [0.05, 0.1) is 25.9 Å².